The molecule has 0 radical (unpaired) electrons. The van der Waals surface area contributed by atoms with Crippen LogP contribution in [0.5, 0.6) is 5.88 Å². The predicted molar refractivity (Wildman–Crippen MR) is 101 cm³/mol. The third-order valence-electron chi connectivity index (χ3n) is 4.23. The lowest BCUT2D eigenvalue weighted by Gasteiger charge is -2.12. The second-order valence-corrected chi connectivity index (χ2v) is 8.13. The maximum Gasteiger partial charge on any atom is 0.243 e. The van der Waals surface area contributed by atoms with Gasteiger partial charge < -0.3 is 10.1 Å². The molecule has 9 heteroatoms. The van der Waals surface area contributed by atoms with E-state index in [1.807, 2.05) is 0 Å². The van der Waals surface area contributed by atoms with E-state index >= 15 is 0 Å². The molecule has 3 aromatic rings. The number of hydrogen-bond acceptors (Lipinski definition) is 6. The number of benzene rings is 1. The molecule has 2 aromatic heterocycles. The molecule has 0 spiro atoms. The smallest absolute Gasteiger partial charge is 0.243 e. The number of nitrogens with one attached hydrogen (secondary N) is 3. The highest BCUT2D eigenvalue weighted by molar-refractivity contribution is 7.90. The minimum atomic E-state index is -3.00. The average molecular weight is 387 g/mol. The largest absolute Gasteiger partial charge is 0.479 e. The van der Waals surface area contributed by atoms with Crippen LogP contribution in [0.1, 0.15) is 12.8 Å². The topological polar surface area (TPSA) is 100.0 Å². The van der Waals surface area contributed by atoms with Gasteiger partial charge in [0.2, 0.25) is 11.8 Å². The SMILES string of the molecule is COc1nc(F)cc2c(Nc3ccc([S@@](=N)(=O)NC4CC4)cc3)ccnc12. The van der Waals surface area contributed by atoms with E-state index in [2.05, 4.69) is 20.0 Å². The minimum Gasteiger partial charge on any atom is -0.479 e. The molecule has 27 heavy (non-hydrogen) atoms. The first kappa shape index (κ1) is 17.6. The van der Waals surface area contributed by atoms with Crippen LogP contribution in [0.25, 0.3) is 10.9 Å². The summed E-state index contributed by atoms with van der Waals surface area (Å²) in [4.78, 5) is 8.33. The Morgan fingerprint density at radius 1 is 1.26 bits per heavy atom. The van der Waals surface area contributed by atoms with Crippen molar-refractivity contribution in [2.24, 2.45) is 0 Å². The van der Waals surface area contributed by atoms with Gasteiger partial charge in [-0.3, -0.25) is 4.98 Å². The summed E-state index contributed by atoms with van der Waals surface area (Å²) in [5.41, 5.74) is 1.79. The molecule has 1 aliphatic carbocycles. The summed E-state index contributed by atoms with van der Waals surface area (Å²) in [6, 6.07) is 9.96. The van der Waals surface area contributed by atoms with Gasteiger partial charge in [-0.05, 0) is 43.2 Å². The zero-order chi connectivity index (χ0) is 19.0. The molecule has 1 atom stereocenters. The number of hydrogen-bond donors (Lipinski definition) is 3. The third kappa shape index (κ3) is 3.69. The Hall–Kier alpha value is -2.78. The molecule has 0 aliphatic heterocycles. The van der Waals surface area contributed by atoms with Crippen molar-refractivity contribution < 1.29 is 13.3 Å². The molecule has 140 valence electrons. The Morgan fingerprint density at radius 3 is 2.67 bits per heavy atom. The van der Waals surface area contributed by atoms with Crippen molar-refractivity contribution >= 4 is 32.2 Å². The number of fused-ring (bicyclic) bond motifs is 1. The molecule has 1 saturated carbocycles. The van der Waals surface area contributed by atoms with E-state index in [1.165, 1.54) is 13.2 Å². The highest BCUT2D eigenvalue weighted by Crippen LogP contribution is 2.30. The second-order valence-electron chi connectivity index (χ2n) is 6.31. The number of nitrogens with zero attached hydrogens (tertiary/aromatic N) is 2. The number of rotatable bonds is 6. The number of halogens is 1. The number of methoxy groups -OCH3 is 1. The van der Waals surface area contributed by atoms with Crippen molar-refractivity contribution in [2.45, 2.75) is 23.8 Å². The van der Waals surface area contributed by atoms with Gasteiger partial charge in [-0.15, -0.1) is 0 Å². The summed E-state index contributed by atoms with van der Waals surface area (Å²) in [7, 11) is -1.59. The van der Waals surface area contributed by atoms with Crippen molar-refractivity contribution in [3.8, 4) is 5.88 Å². The van der Waals surface area contributed by atoms with Gasteiger partial charge in [0.1, 0.15) is 15.4 Å². The van der Waals surface area contributed by atoms with Gasteiger partial charge in [-0.1, -0.05) is 0 Å². The molecule has 2 heterocycles. The summed E-state index contributed by atoms with van der Waals surface area (Å²) in [5.74, 6) is -0.546. The van der Waals surface area contributed by atoms with Gasteiger partial charge in [-0.2, -0.15) is 9.37 Å². The minimum absolute atomic E-state index is 0.115. The summed E-state index contributed by atoms with van der Waals surface area (Å²) in [5, 5.41) is 3.73. The summed E-state index contributed by atoms with van der Waals surface area (Å²) < 4.78 is 42.2. The fourth-order valence-electron chi connectivity index (χ4n) is 2.73. The summed E-state index contributed by atoms with van der Waals surface area (Å²) in [6.45, 7) is 0. The third-order valence-corrected chi connectivity index (χ3v) is 5.83. The van der Waals surface area contributed by atoms with Gasteiger partial charge in [-0.25, -0.2) is 13.7 Å². The summed E-state index contributed by atoms with van der Waals surface area (Å²) in [6.07, 6.45) is 3.50. The molecule has 0 saturated heterocycles. The first-order valence-corrected chi connectivity index (χ1v) is 9.94. The van der Waals surface area contributed by atoms with Crippen molar-refractivity contribution in [2.75, 3.05) is 12.4 Å². The molecule has 1 aromatic carbocycles. The number of anilines is 2. The van der Waals surface area contributed by atoms with Crippen LogP contribution in [0.4, 0.5) is 15.8 Å². The number of aromatic nitrogens is 2. The Bertz CT molecular complexity index is 1100. The van der Waals surface area contributed by atoms with E-state index in [0.29, 0.717) is 27.2 Å². The van der Waals surface area contributed by atoms with Crippen LogP contribution < -0.4 is 14.8 Å². The van der Waals surface area contributed by atoms with Crippen LogP contribution in [0.3, 0.4) is 0 Å². The molecular weight excluding hydrogens is 369 g/mol. The van der Waals surface area contributed by atoms with Crippen molar-refractivity contribution in [1.82, 2.24) is 14.7 Å². The molecule has 1 aliphatic rings. The van der Waals surface area contributed by atoms with Crippen LogP contribution in [-0.4, -0.2) is 27.3 Å². The first-order chi connectivity index (χ1) is 13.0. The van der Waals surface area contributed by atoms with E-state index in [4.69, 9.17) is 9.52 Å². The Balaban J connectivity index is 1.63. The highest BCUT2D eigenvalue weighted by Gasteiger charge is 2.25. The molecule has 4 rings (SSSR count). The van der Waals surface area contributed by atoms with Gasteiger partial charge in [0.05, 0.1) is 12.0 Å². The van der Waals surface area contributed by atoms with Crippen LogP contribution >= 0.6 is 0 Å². The van der Waals surface area contributed by atoms with E-state index in [9.17, 15) is 8.60 Å². The lowest BCUT2D eigenvalue weighted by molar-refractivity contribution is 0.392. The molecule has 0 amide bonds. The maximum atomic E-state index is 13.8. The maximum absolute atomic E-state index is 13.8. The van der Waals surface area contributed by atoms with Crippen LogP contribution in [0.15, 0.2) is 47.5 Å². The molecular formula is C18H18FN5O2S. The van der Waals surface area contributed by atoms with Crippen LogP contribution in [0.2, 0.25) is 0 Å². The van der Waals surface area contributed by atoms with Gasteiger partial charge in [0, 0.05) is 35.1 Å². The first-order valence-electron chi connectivity index (χ1n) is 8.39. The Morgan fingerprint density at radius 2 is 2.00 bits per heavy atom. The van der Waals surface area contributed by atoms with E-state index < -0.39 is 15.9 Å². The van der Waals surface area contributed by atoms with E-state index in [1.54, 1.807) is 36.5 Å². The van der Waals surface area contributed by atoms with Crippen molar-refractivity contribution in [3.63, 3.8) is 0 Å². The molecule has 3 N–H and O–H groups in total. The monoisotopic (exact) mass is 387 g/mol. The molecule has 0 unspecified atom stereocenters. The predicted octanol–water partition coefficient (Wildman–Crippen LogP) is 3.59. The normalized spacial score (nSPS) is 16.1. The fourth-order valence-corrected chi connectivity index (χ4v) is 4.09. The van der Waals surface area contributed by atoms with Crippen LogP contribution in [0, 0.1) is 10.7 Å². The highest BCUT2D eigenvalue weighted by atomic mass is 32.2. The van der Waals surface area contributed by atoms with Crippen molar-refractivity contribution in [3.05, 3.63) is 48.5 Å². The lowest BCUT2D eigenvalue weighted by atomic mass is 10.2. The Labute approximate surface area is 156 Å². The molecule has 1 fully saturated rings. The average Bonchev–Trinajstić information content (AvgIpc) is 3.45. The fraction of sp³-hybridized carbons (Fsp3) is 0.222. The standard InChI is InChI=1S/C18H18FN5O2S/c1-26-18-17-14(10-16(19)23-18)15(8-9-21-17)22-11-4-6-13(7-5-11)27(20,25)24-12-2-3-12/h4-10,12H,2-3H2,1H3,(H,21,22)(H2,20,24,25)/t27-/m0/s1. The van der Waals surface area contributed by atoms with Crippen LogP contribution in [-0.2, 0) is 9.92 Å². The second kappa shape index (κ2) is 6.75. The number of pyridine rings is 2. The zero-order valence-corrected chi connectivity index (χ0v) is 15.3. The number of ether oxygens (including phenoxy) is 1. The summed E-state index contributed by atoms with van der Waals surface area (Å²) >= 11 is 0. The van der Waals surface area contributed by atoms with Gasteiger partial charge >= 0.3 is 0 Å². The van der Waals surface area contributed by atoms with Gasteiger partial charge in [0.15, 0.2) is 0 Å². The van der Waals surface area contributed by atoms with Gasteiger partial charge in [0.25, 0.3) is 0 Å². The quantitative estimate of drug-likeness (QED) is 0.561. The van der Waals surface area contributed by atoms with Crippen molar-refractivity contribution in [1.29, 1.82) is 4.78 Å². The zero-order valence-electron chi connectivity index (χ0n) is 14.5. The van der Waals surface area contributed by atoms with E-state index in [-0.39, 0.29) is 11.9 Å². The Kier molecular flexibility index (Phi) is 4.40. The lowest BCUT2D eigenvalue weighted by Crippen LogP contribution is -2.24. The van der Waals surface area contributed by atoms with E-state index in [0.717, 1.165) is 12.8 Å². The molecule has 7 nitrogen and oxygen atoms in total. The molecule has 0 bridgehead atoms.